The number of ether oxygens (including phenoxy) is 1. The van der Waals surface area contributed by atoms with E-state index in [0.29, 0.717) is 6.61 Å². The monoisotopic (exact) mass is 313 g/mol. The molecule has 6 heteroatoms. The zero-order chi connectivity index (χ0) is 15.8. The van der Waals surface area contributed by atoms with E-state index in [9.17, 15) is 14.0 Å². The Morgan fingerprint density at radius 2 is 2.14 bits per heavy atom. The van der Waals surface area contributed by atoms with Crippen molar-refractivity contribution in [3.05, 3.63) is 40.7 Å². The van der Waals surface area contributed by atoms with Gasteiger partial charge >= 0.3 is 5.97 Å². The Hall–Kier alpha value is -1.88. The lowest BCUT2D eigenvalue weighted by Gasteiger charge is -2.14. The summed E-state index contributed by atoms with van der Waals surface area (Å²) < 4.78 is 18.3. The minimum atomic E-state index is -0.499. The Balaban J connectivity index is 2.60. The number of hydrogen-bond donors (Lipinski definition) is 0. The number of halogens is 2. The zero-order valence-corrected chi connectivity index (χ0v) is 12.7. The third-order valence-corrected chi connectivity index (χ3v) is 3.05. The van der Waals surface area contributed by atoms with Gasteiger partial charge in [0.1, 0.15) is 5.82 Å². The van der Waals surface area contributed by atoms with Crippen LogP contribution in [-0.2, 0) is 14.3 Å². The van der Waals surface area contributed by atoms with Crippen molar-refractivity contribution in [1.82, 2.24) is 4.90 Å². The topological polar surface area (TPSA) is 46.6 Å². The van der Waals surface area contributed by atoms with Crippen molar-refractivity contribution in [3.63, 3.8) is 0 Å². The molecule has 1 aromatic carbocycles. The molecule has 0 atom stereocenters. The van der Waals surface area contributed by atoms with Crippen LogP contribution in [0.1, 0.15) is 18.9 Å². The number of esters is 1. The lowest BCUT2D eigenvalue weighted by molar-refractivity contribution is -0.143. The van der Waals surface area contributed by atoms with E-state index in [1.165, 1.54) is 29.2 Å². The maximum atomic E-state index is 13.5. The highest BCUT2D eigenvalue weighted by Crippen LogP contribution is 2.20. The summed E-state index contributed by atoms with van der Waals surface area (Å²) in [4.78, 5) is 24.4. The smallest absolute Gasteiger partial charge is 0.307 e. The Labute approximate surface area is 128 Å². The largest absolute Gasteiger partial charge is 0.466 e. The molecule has 1 amide bonds. The first-order valence-electron chi connectivity index (χ1n) is 6.48. The minimum absolute atomic E-state index is 0.115. The second kappa shape index (κ2) is 8.42. The molecule has 0 aromatic heterocycles. The summed E-state index contributed by atoms with van der Waals surface area (Å²) in [6.07, 6.45) is 2.65. The van der Waals surface area contributed by atoms with E-state index in [1.54, 1.807) is 20.0 Å². The predicted octanol–water partition coefficient (Wildman–Crippen LogP) is 2.90. The summed E-state index contributed by atoms with van der Waals surface area (Å²) in [5.74, 6) is -1.21. The first kappa shape index (κ1) is 17.2. The fourth-order valence-electron chi connectivity index (χ4n) is 1.55. The molecule has 0 bridgehead atoms. The first-order valence-corrected chi connectivity index (χ1v) is 6.86. The van der Waals surface area contributed by atoms with Crippen molar-refractivity contribution < 1.29 is 18.7 Å². The van der Waals surface area contributed by atoms with Crippen LogP contribution >= 0.6 is 11.6 Å². The lowest BCUT2D eigenvalue weighted by atomic mass is 10.2. The summed E-state index contributed by atoms with van der Waals surface area (Å²) in [7, 11) is 1.55. The Bertz CT molecular complexity index is 525. The molecule has 0 heterocycles. The molecule has 0 saturated heterocycles. The van der Waals surface area contributed by atoms with Crippen molar-refractivity contribution in [2.45, 2.75) is 13.3 Å². The summed E-state index contributed by atoms with van der Waals surface area (Å²) in [5, 5.41) is 0.230. The van der Waals surface area contributed by atoms with Crippen molar-refractivity contribution in [1.29, 1.82) is 0 Å². The molecule has 0 fully saturated rings. The van der Waals surface area contributed by atoms with Crippen molar-refractivity contribution >= 4 is 29.6 Å². The van der Waals surface area contributed by atoms with E-state index >= 15 is 0 Å². The van der Waals surface area contributed by atoms with Gasteiger partial charge in [-0.2, -0.15) is 0 Å². The molecule has 0 saturated carbocycles. The summed E-state index contributed by atoms with van der Waals surface area (Å²) in [6, 6.07) is 4.29. The quantitative estimate of drug-likeness (QED) is 0.599. The van der Waals surface area contributed by atoms with Crippen LogP contribution < -0.4 is 0 Å². The molecule has 114 valence electrons. The van der Waals surface area contributed by atoms with Crippen molar-refractivity contribution in [3.8, 4) is 0 Å². The third-order valence-electron chi connectivity index (χ3n) is 2.73. The molecule has 1 rings (SSSR count). The highest BCUT2D eigenvalue weighted by molar-refractivity contribution is 6.32. The third kappa shape index (κ3) is 5.55. The zero-order valence-electron chi connectivity index (χ0n) is 11.9. The van der Waals surface area contributed by atoms with Crippen LogP contribution in [0.3, 0.4) is 0 Å². The van der Waals surface area contributed by atoms with E-state index in [4.69, 9.17) is 16.3 Å². The molecule has 0 aliphatic heterocycles. The molecule has 0 aliphatic rings. The fraction of sp³-hybridized carbons (Fsp3) is 0.333. The fourth-order valence-corrected chi connectivity index (χ4v) is 1.78. The molecule has 4 nitrogen and oxygen atoms in total. The molecule has 0 radical (unpaired) electrons. The molecule has 0 unspecified atom stereocenters. The second-order valence-corrected chi connectivity index (χ2v) is 4.69. The van der Waals surface area contributed by atoms with Gasteiger partial charge in [-0.3, -0.25) is 9.59 Å². The lowest BCUT2D eigenvalue weighted by Crippen LogP contribution is -2.27. The number of carbonyl (C=O) groups is 2. The number of nitrogens with zero attached hydrogens (tertiary/aromatic N) is 1. The van der Waals surface area contributed by atoms with E-state index in [-0.39, 0.29) is 35.4 Å². The van der Waals surface area contributed by atoms with Gasteiger partial charge in [-0.1, -0.05) is 17.7 Å². The maximum absolute atomic E-state index is 13.5. The van der Waals surface area contributed by atoms with E-state index in [0.717, 1.165) is 0 Å². The Morgan fingerprint density at radius 3 is 2.76 bits per heavy atom. The summed E-state index contributed by atoms with van der Waals surface area (Å²) >= 11 is 5.85. The molecular formula is C15H17ClFNO3. The predicted molar refractivity (Wildman–Crippen MR) is 79.3 cm³/mol. The van der Waals surface area contributed by atoms with Gasteiger partial charge in [0.2, 0.25) is 5.91 Å². The van der Waals surface area contributed by atoms with Gasteiger partial charge < -0.3 is 9.64 Å². The van der Waals surface area contributed by atoms with Crippen molar-refractivity contribution in [2.24, 2.45) is 0 Å². The average Bonchev–Trinajstić information content (AvgIpc) is 2.44. The highest BCUT2D eigenvalue weighted by atomic mass is 35.5. The number of carbonyl (C=O) groups excluding carboxylic acids is 2. The summed E-state index contributed by atoms with van der Waals surface area (Å²) in [6.45, 7) is 2.25. The Morgan fingerprint density at radius 1 is 1.43 bits per heavy atom. The number of rotatable bonds is 6. The first-order chi connectivity index (χ1) is 9.95. The van der Waals surface area contributed by atoms with E-state index in [1.807, 2.05) is 0 Å². The van der Waals surface area contributed by atoms with Crippen LogP contribution in [0.4, 0.5) is 4.39 Å². The van der Waals surface area contributed by atoms with Crippen LogP contribution in [0.5, 0.6) is 0 Å². The molecule has 1 aromatic rings. The number of benzene rings is 1. The molecule has 0 spiro atoms. The van der Waals surface area contributed by atoms with Gasteiger partial charge in [0, 0.05) is 25.2 Å². The summed E-state index contributed by atoms with van der Waals surface area (Å²) in [5.41, 5.74) is 0.159. The van der Waals surface area contributed by atoms with Gasteiger partial charge in [-0.15, -0.1) is 0 Å². The van der Waals surface area contributed by atoms with E-state index < -0.39 is 5.82 Å². The number of hydrogen-bond acceptors (Lipinski definition) is 3. The molecule has 0 N–H and O–H groups in total. The SMILES string of the molecule is CCOC(=O)CCN(C)C(=O)C=Cc1c(F)cccc1Cl. The number of amides is 1. The minimum Gasteiger partial charge on any atom is -0.466 e. The average molecular weight is 314 g/mol. The van der Waals surface area contributed by atoms with Crippen LogP contribution in [0.2, 0.25) is 5.02 Å². The molecule has 21 heavy (non-hydrogen) atoms. The number of likely N-dealkylation sites (N-methyl/N-ethyl adjacent to an activating group) is 1. The van der Waals surface area contributed by atoms with Gasteiger partial charge in [0.25, 0.3) is 0 Å². The van der Waals surface area contributed by atoms with Gasteiger partial charge in [0.15, 0.2) is 0 Å². The highest BCUT2D eigenvalue weighted by Gasteiger charge is 2.09. The van der Waals surface area contributed by atoms with Gasteiger partial charge in [-0.05, 0) is 25.1 Å². The van der Waals surface area contributed by atoms with Gasteiger partial charge in [-0.25, -0.2) is 4.39 Å². The molecular weight excluding hydrogens is 297 g/mol. The molecule has 0 aliphatic carbocycles. The van der Waals surface area contributed by atoms with Crippen LogP contribution in [-0.4, -0.2) is 37.0 Å². The maximum Gasteiger partial charge on any atom is 0.307 e. The van der Waals surface area contributed by atoms with Crippen LogP contribution in [0.25, 0.3) is 6.08 Å². The van der Waals surface area contributed by atoms with E-state index in [2.05, 4.69) is 0 Å². The second-order valence-electron chi connectivity index (χ2n) is 4.28. The standard InChI is InChI=1S/C15H17ClFNO3/c1-3-21-15(20)9-10-18(2)14(19)8-7-11-12(16)5-4-6-13(11)17/h4-8H,3,9-10H2,1-2H3. The normalized spacial score (nSPS) is 10.7. The van der Waals surface area contributed by atoms with Gasteiger partial charge in [0.05, 0.1) is 18.1 Å². The Kier molecular flexibility index (Phi) is 6.88. The van der Waals surface area contributed by atoms with Crippen molar-refractivity contribution in [2.75, 3.05) is 20.2 Å². The van der Waals surface area contributed by atoms with Crippen LogP contribution in [0.15, 0.2) is 24.3 Å². The van der Waals surface area contributed by atoms with Crippen LogP contribution in [0, 0.1) is 5.82 Å².